The van der Waals surface area contributed by atoms with Crippen molar-refractivity contribution in [2.24, 2.45) is 5.92 Å². The van der Waals surface area contributed by atoms with E-state index in [9.17, 15) is 9.90 Å². The molecule has 2 aliphatic rings. The van der Waals surface area contributed by atoms with Gasteiger partial charge in [-0.25, -0.2) is 0 Å². The molecule has 0 radical (unpaired) electrons. The summed E-state index contributed by atoms with van der Waals surface area (Å²) in [6.45, 7) is 1.82. The van der Waals surface area contributed by atoms with E-state index in [1.54, 1.807) is 7.11 Å². The quantitative estimate of drug-likeness (QED) is 0.647. The normalized spacial score (nSPS) is 24.4. The lowest BCUT2D eigenvalue weighted by atomic mass is 9.67. The molecule has 0 spiro atoms. The van der Waals surface area contributed by atoms with E-state index in [-0.39, 0.29) is 24.2 Å². The number of piperidine rings is 1. The van der Waals surface area contributed by atoms with Crippen molar-refractivity contribution >= 4 is 18.3 Å². The molecule has 1 amide bonds. The number of nitrogens with zero attached hydrogens (tertiary/aromatic N) is 2. The molecule has 6 heteroatoms. The summed E-state index contributed by atoms with van der Waals surface area (Å²) in [4.78, 5) is 18.3. The Morgan fingerprint density at radius 3 is 2.35 bits per heavy atom. The fourth-order valence-electron chi connectivity index (χ4n) is 5.97. The summed E-state index contributed by atoms with van der Waals surface area (Å²) in [7, 11) is 5.70. The van der Waals surface area contributed by atoms with Crippen LogP contribution in [0.25, 0.3) is 0 Å². The number of amides is 1. The van der Waals surface area contributed by atoms with Gasteiger partial charge in [0, 0.05) is 25.6 Å². The van der Waals surface area contributed by atoms with Gasteiger partial charge in [-0.3, -0.25) is 4.79 Å². The fraction of sp³-hybridized carbons (Fsp3) is 0.536. The first-order valence-corrected chi connectivity index (χ1v) is 12.3. The van der Waals surface area contributed by atoms with Gasteiger partial charge in [0.05, 0.1) is 18.1 Å². The van der Waals surface area contributed by atoms with Crippen LogP contribution in [0.3, 0.4) is 0 Å². The molecule has 1 saturated heterocycles. The van der Waals surface area contributed by atoms with Crippen LogP contribution in [0.1, 0.15) is 49.7 Å². The molecule has 2 aromatic carbocycles. The minimum absolute atomic E-state index is 0. The van der Waals surface area contributed by atoms with Crippen LogP contribution in [0.15, 0.2) is 54.6 Å². The van der Waals surface area contributed by atoms with Gasteiger partial charge in [-0.2, -0.15) is 0 Å². The number of rotatable bonds is 6. The third-order valence-electron chi connectivity index (χ3n) is 7.76. The number of methoxy groups -OCH3 is 1. The predicted molar refractivity (Wildman–Crippen MR) is 139 cm³/mol. The molecule has 2 fully saturated rings. The Morgan fingerprint density at radius 1 is 1.03 bits per heavy atom. The smallest absolute Gasteiger partial charge is 0.233 e. The molecule has 1 N–H and O–H groups in total. The van der Waals surface area contributed by atoms with Gasteiger partial charge >= 0.3 is 0 Å². The summed E-state index contributed by atoms with van der Waals surface area (Å²) in [5, 5.41) is 11.9. The first-order chi connectivity index (χ1) is 15.9. The van der Waals surface area contributed by atoms with Gasteiger partial charge < -0.3 is 19.6 Å². The van der Waals surface area contributed by atoms with Crippen molar-refractivity contribution < 1.29 is 14.6 Å². The second-order valence-corrected chi connectivity index (χ2v) is 10.1. The first kappa shape index (κ1) is 26.5. The van der Waals surface area contributed by atoms with Gasteiger partial charge in [0.25, 0.3) is 0 Å². The lowest BCUT2D eigenvalue weighted by Crippen LogP contribution is -2.58. The first-order valence-electron chi connectivity index (χ1n) is 12.3. The van der Waals surface area contributed by atoms with Crippen molar-refractivity contribution in [1.82, 2.24) is 9.80 Å². The van der Waals surface area contributed by atoms with Crippen LogP contribution >= 0.6 is 12.4 Å². The molecule has 1 aliphatic heterocycles. The Hall–Kier alpha value is -2.08. The molecule has 1 saturated carbocycles. The Morgan fingerprint density at radius 2 is 1.71 bits per heavy atom. The minimum Gasteiger partial charge on any atom is -0.497 e. The third kappa shape index (κ3) is 5.12. The number of likely N-dealkylation sites (tertiary alicyclic amines) is 1. The number of carbonyl (C=O) groups excluding carboxylic acids is 1. The Kier molecular flexibility index (Phi) is 8.66. The summed E-state index contributed by atoms with van der Waals surface area (Å²) in [6, 6.07) is 18.1. The zero-order valence-corrected chi connectivity index (χ0v) is 21.5. The lowest BCUT2D eigenvalue weighted by molar-refractivity contribution is -0.149. The predicted octanol–water partition coefficient (Wildman–Crippen LogP) is 4.62. The summed E-state index contributed by atoms with van der Waals surface area (Å²) in [5.74, 6) is 0.895. The SMILES string of the molecule is COc1cccc(C2(O)CCN(C(=O)C3(c4ccccc4)CCCCC3)CC2CN(C)C)c1.Cl. The molecule has 4 rings (SSSR count). The van der Waals surface area contributed by atoms with Crippen molar-refractivity contribution in [2.45, 2.75) is 49.5 Å². The summed E-state index contributed by atoms with van der Waals surface area (Å²) >= 11 is 0. The second kappa shape index (κ2) is 11.1. The van der Waals surface area contributed by atoms with E-state index in [1.807, 2.05) is 61.5 Å². The molecule has 0 bridgehead atoms. The molecule has 2 atom stereocenters. The molecule has 2 unspecified atom stereocenters. The Labute approximate surface area is 210 Å². The van der Waals surface area contributed by atoms with Crippen LogP contribution in [0.5, 0.6) is 5.75 Å². The van der Waals surface area contributed by atoms with Gasteiger partial charge in [0.1, 0.15) is 5.75 Å². The van der Waals surface area contributed by atoms with Crippen LogP contribution in [0.2, 0.25) is 0 Å². The number of hydrogen-bond donors (Lipinski definition) is 1. The molecule has 34 heavy (non-hydrogen) atoms. The zero-order valence-electron chi connectivity index (χ0n) is 20.7. The van der Waals surface area contributed by atoms with Crippen LogP contribution < -0.4 is 4.74 Å². The molecule has 1 heterocycles. The standard InChI is InChI=1S/C28H38N2O3.ClH/c1-29(2)20-24-21-30(18-17-28(24,32)23-13-10-14-25(19-23)33-3)26(31)27(15-8-5-9-16-27)22-11-6-4-7-12-22;/h4,6-7,10-14,19,24,32H,5,8-9,15-18,20-21H2,1-3H3;1H. The topological polar surface area (TPSA) is 53.0 Å². The molecule has 186 valence electrons. The molecular formula is C28H39ClN2O3. The van der Waals surface area contributed by atoms with Crippen molar-refractivity contribution in [2.75, 3.05) is 40.8 Å². The lowest BCUT2D eigenvalue weighted by Gasteiger charge is -2.49. The summed E-state index contributed by atoms with van der Waals surface area (Å²) in [5.41, 5.74) is 0.582. The van der Waals surface area contributed by atoms with E-state index in [4.69, 9.17) is 4.74 Å². The number of benzene rings is 2. The van der Waals surface area contributed by atoms with Gasteiger partial charge in [-0.1, -0.05) is 61.7 Å². The largest absolute Gasteiger partial charge is 0.497 e. The maximum absolute atomic E-state index is 14.2. The Bertz CT molecular complexity index is 946. The summed E-state index contributed by atoms with van der Waals surface area (Å²) < 4.78 is 5.42. The van der Waals surface area contributed by atoms with Gasteiger partial charge in [0.15, 0.2) is 0 Å². The van der Waals surface area contributed by atoms with E-state index in [1.165, 1.54) is 6.42 Å². The van der Waals surface area contributed by atoms with E-state index in [0.717, 1.165) is 42.6 Å². The van der Waals surface area contributed by atoms with E-state index >= 15 is 0 Å². The third-order valence-corrected chi connectivity index (χ3v) is 7.76. The second-order valence-electron chi connectivity index (χ2n) is 10.1. The number of carbonyl (C=O) groups is 1. The van der Waals surface area contributed by atoms with Crippen molar-refractivity contribution in [3.05, 3.63) is 65.7 Å². The van der Waals surface area contributed by atoms with E-state index in [0.29, 0.717) is 26.1 Å². The fourth-order valence-corrected chi connectivity index (χ4v) is 5.97. The molecule has 0 aromatic heterocycles. The van der Waals surface area contributed by atoms with Crippen molar-refractivity contribution in [3.63, 3.8) is 0 Å². The Balaban J connectivity index is 0.00000324. The van der Waals surface area contributed by atoms with Crippen LogP contribution in [-0.4, -0.2) is 61.7 Å². The highest BCUT2D eigenvalue weighted by atomic mass is 35.5. The zero-order chi connectivity index (χ0) is 23.5. The van der Waals surface area contributed by atoms with Gasteiger partial charge in [-0.15, -0.1) is 12.4 Å². The molecule has 1 aliphatic carbocycles. The maximum Gasteiger partial charge on any atom is 0.233 e. The number of ether oxygens (including phenoxy) is 1. The number of aliphatic hydroxyl groups is 1. The highest BCUT2D eigenvalue weighted by Gasteiger charge is 2.49. The monoisotopic (exact) mass is 486 g/mol. The average Bonchev–Trinajstić information content (AvgIpc) is 2.85. The van der Waals surface area contributed by atoms with Crippen LogP contribution in [-0.2, 0) is 15.8 Å². The van der Waals surface area contributed by atoms with E-state index < -0.39 is 11.0 Å². The molecule has 5 nitrogen and oxygen atoms in total. The maximum atomic E-state index is 14.2. The molecule has 2 aromatic rings. The average molecular weight is 487 g/mol. The van der Waals surface area contributed by atoms with Gasteiger partial charge in [0.2, 0.25) is 5.91 Å². The van der Waals surface area contributed by atoms with Crippen LogP contribution in [0, 0.1) is 5.92 Å². The molecular weight excluding hydrogens is 448 g/mol. The van der Waals surface area contributed by atoms with Gasteiger partial charge in [-0.05, 0) is 56.6 Å². The number of hydrogen-bond acceptors (Lipinski definition) is 4. The van der Waals surface area contributed by atoms with Crippen molar-refractivity contribution in [1.29, 1.82) is 0 Å². The van der Waals surface area contributed by atoms with E-state index in [2.05, 4.69) is 17.0 Å². The minimum atomic E-state index is -0.998. The highest BCUT2D eigenvalue weighted by molar-refractivity contribution is 5.88. The van der Waals surface area contributed by atoms with Crippen molar-refractivity contribution in [3.8, 4) is 5.75 Å². The highest BCUT2D eigenvalue weighted by Crippen LogP contribution is 2.44. The number of halogens is 1. The van der Waals surface area contributed by atoms with Crippen LogP contribution in [0.4, 0.5) is 0 Å². The summed E-state index contributed by atoms with van der Waals surface area (Å²) in [6.07, 6.45) is 5.71.